The van der Waals surface area contributed by atoms with E-state index in [0.29, 0.717) is 39.1 Å². The van der Waals surface area contributed by atoms with Gasteiger partial charge in [0.1, 0.15) is 17.5 Å². The maximum atomic E-state index is 12.6. The van der Waals surface area contributed by atoms with Gasteiger partial charge in [-0.1, -0.05) is 0 Å². The van der Waals surface area contributed by atoms with E-state index in [1.54, 1.807) is 9.80 Å². The van der Waals surface area contributed by atoms with Crippen LogP contribution in [0.5, 0.6) is 0 Å². The van der Waals surface area contributed by atoms with E-state index in [1.165, 1.54) is 0 Å². The molecule has 0 aromatic carbocycles. The number of likely N-dealkylation sites (tertiary alicyclic amines) is 1. The number of carbonyl (C=O) groups excluding carboxylic acids is 2. The fourth-order valence-electron chi connectivity index (χ4n) is 5.06. The van der Waals surface area contributed by atoms with Crippen LogP contribution in [0.1, 0.15) is 46.5 Å². The van der Waals surface area contributed by atoms with Gasteiger partial charge in [0, 0.05) is 52.4 Å². The van der Waals surface area contributed by atoms with E-state index in [9.17, 15) is 14.4 Å². The minimum atomic E-state index is -0.777. The molecule has 36 heavy (non-hydrogen) atoms. The first-order valence-electron chi connectivity index (χ1n) is 12.9. The van der Waals surface area contributed by atoms with Crippen molar-refractivity contribution in [3.63, 3.8) is 0 Å². The Morgan fingerprint density at radius 3 is 2.42 bits per heavy atom. The third kappa shape index (κ3) is 8.22. The molecule has 3 saturated heterocycles. The smallest absolute Gasteiger partial charge is 0.410 e. The maximum absolute atomic E-state index is 12.6. The van der Waals surface area contributed by atoms with Gasteiger partial charge in [-0.3, -0.25) is 20.0 Å². The number of carboxylic acid groups (broad SMARTS) is 1. The normalized spacial score (nSPS) is 26.1. The zero-order chi connectivity index (χ0) is 26.5. The predicted octanol–water partition coefficient (Wildman–Crippen LogP) is 1.24. The molecule has 0 aliphatic carbocycles. The summed E-state index contributed by atoms with van der Waals surface area (Å²) in [4.78, 5) is 43.5. The molecule has 3 heterocycles. The van der Waals surface area contributed by atoms with Gasteiger partial charge in [-0.25, -0.2) is 9.59 Å². The maximum Gasteiger partial charge on any atom is 0.410 e. The Labute approximate surface area is 213 Å². The second kappa shape index (κ2) is 12.1. The lowest BCUT2D eigenvalue weighted by Gasteiger charge is -2.39. The highest BCUT2D eigenvalue weighted by atomic mass is 16.6. The van der Waals surface area contributed by atoms with Gasteiger partial charge in [-0.15, -0.1) is 0 Å². The molecule has 0 spiro atoms. The zero-order valence-corrected chi connectivity index (χ0v) is 21.8. The number of hydrogen-bond donors (Lipinski definition) is 3. The number of amidine groups is 1. The first-order valence-corrected chi connectivity index (χ1v) is 12.9. The molecule has 12 heteroatoms. The molecule has 204 valence electrons. The minimum Gasteiger partial charge on any atom is -0.481 e. The molecule has 2 amide bonds. The molecular weight excluding hydrogens is 468 g/mol. The van der Waals surface area contributed by atoms with Gasteiger partial charge >= 0.3 is 18.2 Å². The number of ether oxygens (including phenoxy) is 2. The van der Waals surface area contributed by atoms with Gasteiger partial charge < -0.3 is 30.1 Å². The van der Waals surface area contributed by atoms with Crippen LogP contribution in [0.4, 0.5) is 9.59 Å². The van der Waals surface area contributed by atoms with Crippen LogP contribution in [0, 0.1) is 11.3 Å². The standard InChI is InChI=1S/C24H42N6O6/c1-24(2,3)36-23(34)30-9-5-17(14-19(30)21(25)26)4-8-29-16-18(35-22(29)33)15-28-12-10-27(11-13-28)7-6-20(31)32/h17-19H,4-16H2,1-3H3,(H3,25,26)(H,31,32). The predicted molar refractivity (Wildman–Crippen MR) is 133 cm³/mol. The van der Waals surface area contributed by atoms with Crippen molar-refractivity contribution in [1.82, 2.24) is 19.6 Å². The number of aliphatic carboxylic acids is 1. The van der Waals surface area contributed by atoms with Gasteiger partial charge in [-0.2, -0.15) is 0 Å². The molecule has 0 saturated carbocycles. The number of carboxylic acids is 1. The van der Waals surface area contributed by atoms with Crippen LogP contribution in [0.3, 0.4) is 0 Å². The minimum absolute atomic E-state index is 0.0470. The summed E-state index contributed by atoms with van der Waals surface area (Å²) in [5.41, 5.74) is 5.21. The van der Waals surface area contributed by atoms with E-state index in [0.717, 1.165) is 39.0 Å². The van der Waals surface area contributed by atoms with Gasteiger partial charge in [0.2, 0.25) is 0 Å². The number of nitrogens with one attached hydrogen (secondary N) is 1. The number of cyclic esters (lactones) is 1. The lowest BCUT2D eigenvalue weighted by atomic mass is 9.88. The molecule has 3 aliphatic rings. The first-order chi connectivity index (χ1) is 16.9. The van der Waals surface area contributed by atoms with Crippen molar-refractivity contribution in [3.05, 3.63) is 0 Å². The Balaban J connectivity index is 1.41. The van der Waals surface area contributed by atoms with Gasteiger partial charge in [0.05, 0.1) is 19.0 Å². The summed E-state index contributed by atoms with van der Waals surface area (Å²) in [5.74, 6) is -0.585. The van der Waals surface area contributed by atoms with Crippen molar-refractivity contribution < 1.29 is 29.0 Å². The summed E-state index contributed by atoms with van der Waals surface area (Å²) in [6.45, 7) is 11.6. The molecule has 3 atom stereocenters. The Hall–Kier alpha value is -2.60. The van der Waals surface area contributed by atoms with Crippen molar-refractivity contribution in [1.29, 1.82) is 5.41 Å². The zero-order valence-electron chi connectivity index (χ0n) is 21.8. The van der Waals surface area contributed by atoms with Crippen LogP contribution in [-0.4, -0.2) is 125 Å². The summed E-state index contributed by atoms with van der Waals surface area (Å²) >= 11 is 0. The lowest BCUT2D eigenvalue weighted by molar-refractivity contribution is -0.137. The number of hydrogen-bond acceptors (Lipinski definition) is 8. The van der Waals surface area contributed by atoms with E-state index < -0.39 is 23.7 Å². The average Bonchev–Trinajstić information content (AvgIpc) is 3.14. The van der Waals surface area contributed by atoms with E-state index in [1.807, 2.05) is 20.8 Å². The van der Waals surface area contributed by atoms with Crippen LogP contribution in [0.15, 0.2) is 0 Å². The van der Waals surface area contributed by atoms with Gasteiger partial charge in [0.25, 0.3) is 0 Å². The molecule has 0 bridgehead atoms. The van der Waals surface area contributed by atoms with Crippen molar-refractivity contribution in [2.24, 2.45) is 11.7 Å². The summed E-state index contributed by atoms with van der Waals surface area (Å²) < 4.78 is 11.1. The Morgan fingerprint density at radius 1 is 1.14 bits per heavy atom. The molecule has 0 aromatic rings. The number of piperazine rings is 1. The monoisotopic (exact) mass is 510 g/mol. The molecule has 3 fully saturated rings. The average molecular weight is 511 g/mol. The number of piperidine rings is 1. The van der Waals surface area contributed by atoms with E-state index in [4.69, 9.17) is 25.7 Å². The Morgan fingerprint density at radius 2 is 1.81 bits per heavy atom. The second-order valence-electron chi connectivity index (χ2n) is 11.1. The van der Waals surface area contributed by atoms with Gasteiger partial charge in [-0.05, 0) is 46.0 Å². The first kappa shape index (κ1) is 28.0. The van der Waals surface area contributed by atoms with Crippen LogP contribution in [0.2, 0.25) is 0 Å². The summed E-state index contributed by atoms with van der Waals surface area (Å²) in [5, 5.41) is 16.8. The van der Waals surface area contributed by atoms with E-state index in [-0.39, 0.29) is 30.4 Å². The molecule has 4 N–H and O–H groups in total. The quantitative estimate of drug-likeness (QED) is 0.307. The molecule has 0 aromatic heterocycles. The highest BCUT2D eigenvalue weighted by molar-refractivity contribution is 5.86. The fourth-order valence-corrected chi connectivity index (χ4v) is 5.06. The highest BCUT2D eigenvalue weighted by Crippen LogP contribution is 2.28. The topological polar surface area (TPSA) is 153 Å². The van der Waals surface area contributed by atoms with Crippen LogP contribution in [-0.2, 0) is 14.3 Å². The van der Waals surface area contributed by atoms with Crippen LogP contribution >= 0.6 is 0 Å². The summed E-state index contributed by atoms with van der Waals surface area (Å²) in [7, 11) is 0. The van der Waals surface area contributed by atoms with E-state index in [2.05, 4.69) is 9.80 Å². The number of amides is 2. The second-order valence-corrected chi connectivity index (χ2v) is 11.1. The third-order valence-corrected chi connectivity index (χ3v) is 7.02. The molecule has 3 aliphatic heterocycles. The molecule has 12 nitrogen and oxygen atoms in total. The van der Waals surface area contributed by atoms with Crippen LogP contribution < -0.4 is 5.73 Å². The largest absolute Gasteiger partial charge is 0.481 e. The van der Waals surface area contributed by atoms with Crippen molar-refractivity contribution >= 4 is 24.0 Å². The number of nitrogens with zero attached hydrogens (tertiary/aromatic N) is 4. The lowest BCUT2D eigenvalue weighted by Crippen LogP contribution is -2.53. The SMILES string of the molecule is CC(C)(C)OC(=O)N1CCC(CCN2CC(CN3CCN(CCC(=O)O)CC3)OC2=O)CC1C(=N)N. The number of nitrogens with two attached hydrogens (primary N) is 1. The summed E-state index contributed by atoms with van der Waals surface area (Å²) in [6, 6.07) is -0.494. The van der Waals surface area contributed by atoms with Crippen LogP contribution in [0.25, 0.3) is 0 Å². The summed E-state index contributed by atoms with van der Waals surface area (Å²) in [6.07, 6.45) is 1.33. The molecular formula is C24H42N6O6. The Kier molecular flexibility index (Phi) is 9.40. The molecule has 0 radical (unpaired) electrons. The molecule has 3 rings (SSSR count). The van der Waals surface area contributed by atoms with E-state index >= 15 is 0 Å². The molecule has 3 unspecified atom stereocenters. The fraction of sp³-hybridized carbons (Fsp3) is 0.833. The van der Waals surface area contributed by atoms with Crippen molar-refractivity contribution in [2.75, 3.05) is 58.9 Å². The van der Waals surface area contributed by atoms with Crippen molar-refractivity contribution in [3.8, 4) is 0 Å². The highest BCUT2D eigenvalue weighted by Gasteiger charge is 2.37. The van der Waals surface area contributed by atoms with Crippen molar-refractivity contribution in [2.45, 2.75) is 64.2 Å². The third-order valence-electron chi connectivity index (χ3n) is 7.02. The Bertz CT molecular complexity index is 809. The number of carbonyl (C=O) groups is 3. The van der Waals surface area contributed by atoms with Gasteiger partial charge in [0.15, 0.2) is 0 Å². The number of rotatable bonds is 9.